The van der Waals surface area contributed by atoms with Crippen molar-refractivity contribution in [1.82, 2.24) is 15.6 Å². The molecule has 1 fully saturated rings. The number of hydrogen-bond donors (Lipinski definition) is 4. The van der Waals surface area contributed by atoms with E-state index in [1.807, 2.05) is 0 Å². The van der Waals surface area contributed by atoms with Gasteiger partial charge >= 0.3 is 0 Å². The lowest BCUT2D eigenvalue weighted by atomic mass is 10.1. The molecule has 1 aromatic carbocycles. The number of carbonyl (C=O) groups excluding carboxylic acids is 1. The van der Waals surface area contributed by atoms with Gasteiger partial charge in [-0.1, -0.05) is 0 Å². The average Bonchev–Trinajstić information content (AvgIpc) is 2.88. The molecule has 0 bridgehead atoms. The van der Waals surface area contributed by atoms with E-state index in [4.69, 9.17) is 0 Å². The molecule has 1 saturated heterocycles. The number of aromatic nitrogens is 1. The molecule has 8 heteroatoms. The van der Waals surface area contributed by atoms with E-state index in [0.29, 0.717) is 25.0 Å². The van der Waals surface area contributed by atoms with Crippen LogP contribution < -0.4 is 16.2 Å². The highest BCUT2D eigenvalue weighted by Crippen LogP contribution is 2.16. The van der Waals surface area contributed by atoms with E-state index in [1.54, 1.807) is 0 Å². The fourth-order valence-corrected chi connectivity index (χ4v) is 2.67. The van der Waals surface area contributed by atoms with Crippen LogP contribution in [0.1, 0.15) is 10.4 Å². The monoisotopic (exact) mass is 341 g/mol. The summed E-state index contributed by atoms with van der Waals surface area (Å²) in [6.07, 6.45) is -0.495. The standard InChI is InChI=1S/C15H16FN3O3.ClH/c16-9-1-2-10-11(4-14(21)19-12(10)3-9)15(22)18-6-8-5-17-7-13(8)20;/h1-4,8,13,17,20H,5-7H2,(H,18,22)(H,19,21);1H. The molecule has 0 saturated carbocycles. The van der Waals surface area contributed by atoms with Crippen LogP contribution in [0.5, 0.6) is 0 Å². The van der Waals surface area contributed by atoms with Gasteiger partial charge in [-0.15, -0.1) is 12.4 Å². The molecule has 2 heterocycles. The number of aliphatic hydroxyl groups excluding tert-OH is 1. The average molecular weight is 342 g/mol. The molecule has 1 aliphatic heterocycles. The predicted molar refractivity (Wildman–Crippen MR) is 86.5 cm³/mol. The van der Waals surface area contributed by atoms with Crippen molar-refractivity contribution in [3.05, 3.63) is 46.0 Å². The lowest BCUT2D eigenvalue weighted by Crippen LogP contribution is -2.34. The molecule has 1 amide bonds. The van der Waals surface area contributed by atoms with Gasteiger partial charge in [-0.2, -0.15) is 0 Å². The largest absolute Gasteiger partial charge is 0.391 e. The number of benzene rings is 1. The summed E-state index contributed by atoms with van der Waals surface area (Å²) in [6.45, 7) is 1.44. The van der Waals surface area contributed by atoms with Crippen LogP contribution in [0.25, 0.3) is 10.9 Å². The first-order valence-electron chi connectivity index (χ1n) is 7.04. The first-order valence-corrected chi connectivity index (χ1v) is 7.04. The number of nitrogens with one attached hydrogen (secondary N) is 3. The summed E-state index contributed by atoms with van der Waals surface area (Å²) in [5, 5.41) is 15.9. The van der Waals surface area contributed by atoms with Crippen LogP contribution in [0.3, 0.4) is 0 Å². The van der Waals surface area contributed by atoms with E-state index in [1.165, 1.54) is 24.3 Å². The lowest BCUT2D eigenvalue weighted by molar-refractivity contribution is 0.0928. The van der Waals surface area contributed by atoms with Crippen molar-refractivity contribution in [3.8, 4) is 0 Å². The fourth-order valence-electron chi connectivity index (χ4n) is 2.67. The molecule has 124 valence electrons. The Morgan fingerprint density at radius 2 is 2.13 bits per heavy atom. The number of aromatic amines is 1. The summed E-state index contributed by atoms with van der Waals surface area (Å²) < 4.78 is 13.2. The molecule has 2 unspecified atom stereocenters. The summed E-state index contributed by atoms with van der Waals surface area (Å²) in [7, 11) is 0. The van der Waals surface area contributed by atoms with Gasteiger partial charge in [0.05, 0.1) is 17.2 Å². The first-order chi connectivity index (χ1) is 10.5. The Hall–Kier alpha value is -1.96. The predicted octanol–water partition coefficient (Wildman–Crippen LogP) is 0.399. The second-order valence-corrected chi connectivity index (χ2v) is 5.43. The van der Waals surface area contributed by atoms with Crippen molar-refractivity contribution in [2.75, 3.05) is 19.6 Å². The zero-order valence-electron chi connectivity index (χ0n) is 12.1. The topological polar surface area (TPSA) is 94.2 Å². The molecule has 1 aliphatic rings. The van der Waals surface area contributed by atoms with Gasteiger partial charge in [0.25, 0.3) is 5.91 Å². The highest BCUT2D eigenvalue weighted by molar-refractivity contribution is 6.05. The minimum atomic E-state index is -0.495. The van der Waals surface area contributed by atoms with E-state index in [0.717, 1.165) is 0 Å². The Balaban J connectivity index is 0.00000192. The van der Waals surface area contributed by atoms with Gasteiger partial charge in [0.1, 0.15) is 5.82 Å². The zero-order valence-corrected chi connectivity index (χ0v) is 13.0. The molecule has 0 radical (unpaired) electrons. The quantitative estimate of drug-likeness (QED) is 0.650. The van der Waals surface area contributed by atoms with Gasteiger partial charge in [-0.05, 0) is 18.2 Å². The molecule has 2 atom stereocenters. The van der Waals surface area contributed by atoms with Gasteiger partial charge in [-0.3, -0.25) is 9.59 Å². The van der Waals surface area contributed by atoms with E-state index in [9.17, 15) is 19.1 Å². The molecule has 0 spiro atoms. The third-order valence-corrected chi connectivity index (χ3v) is 3.88. The molecule has 6 nitrogen and oxygen atoms in total. The Morgan fingerprint density at radius 3 is 2.83 bits per heavy atom. The number of hydrogen-bond acceptors (Lipinski definition) is 4. The van der Waals surface area contributed by atoms with Crippen LogP contribution in [0.15, 0.2) is 29.1 Å². The van der Waals surface area contributed by atoms with Crippen LogP contribution in [0.2, 0.25) is 0 Å². The van der Waals surface area contributed by atoms with Crippen LogP contribution in [0.4, 0.5) is 4.39 Å². The minimum absolute atomic E-state index is 0. The number of carbonyl (C=O) groups is 1. The molecular weight excluding hydrogens is 325 g/mol. The Bertz CT molecular complexity index is 780. The molecule has 0 aliphatic carbocycles. The maximum Gasteiger partial charge on any atom is 0.252 e. The van der Waals surface area contributed by atoms with Gasteiger partial charge in [0.2, 0.25) is 5.56 Å². The smallest absolute Gasteiger partial charge is 0.252 e. The summed E-state index contributed by atoms with van der Waals surface area (Å²) in [5.41, 5.74) is 0.00484. The third-order valence-electron chi connectivity index (χ3n) is 3.88. The molecule has 1 aromatic heterocycles. The highest BCUT2D eigenvalue weighted by Gasteiger charge is 2.25. The van der Waals surface area contributed by atoms with E-state index in [-0.39, 0.29) is 29.4 Å². The van der Waals surface area contributed by atoms with Crippen molar-refractivity contribution in [1.29, 1.82) is 0 Å². The molecule has 2 aromatic rings. The van der Waals surface area contributed by atoms with Gasteiger partial charge in [0.15, 0.2) is 0 Å². The van der Waals surface area contributed by atoms with Crippen molar-refractivity contribution < 1.29 is 14.3 Å². The highest BCUT2D eigenvalue weighted by atomic mass is 35.5. The summed E-state index contributed by atoms with van der Waals surface area (Å²) in [5.74, 6) is -0.961. The van der Waals surface area contributed by atoms with Crippen molar-refractivity contribution in [3.63, 3.8) is 0 Å². The summed E-state index contributed by atoms with van der Waals surface area (Å²) >= 11 is 0. The number of halogens is 2. The second-order valence-electron chi connectivity index (χ2n) is 5.43. The lowest BCUT2D eigenvalue weighted by Gasteiger charge is -2.14. The van der Waals surface area contributed by atoms with Crippen LogP contribution in [-0.4, -0.2) is 41.7 Å². The number of rotatable bonds is 3. The normalized spacial score (nSPS) is 20.3. The van der Waals surface area contributed by atoms with Crippen molar-refractivity contribution in [2.45, 2.75) is 6.10 Å². The van der Waals surface area contributed by atoms with Gasteiger partial charge in [0, 0.05) is 37.0 Å². The number of aliphatic hydroxyl groups is 1. The number of H-pyrrole nitrogens is 1. The zero-order chi connectivity index (χ0) is 15.7. The van der Waals surface area contributed by atoms with E-state index >= 15 is 0 Å². The first kappa shape index (κ1) is 17.4. The molecular formula is C15H17ClFN3O3. The molecule has 3 rings (SSSR count). The van der Waals surface area contributed by atoms with Crippen LogP contribution >= 0.6 is 12.4 Å². The molecule has 4 N–H and O–H groups in total. The second kappa shape index (κ2) is 7.08. The van der Waals surface area contributed by atoms with Crippen LogP contribution in [-0.2, 0) is 0 Å². The van der Waals surface area contributed by atoms with Crippen LogP contribution in [0, 0.1) is 11.7 Å². The summed E-state index contributed by atoms with van der Waals surface area (Å²) in [6, 6.07) is 5.07. The van der Waals surface area contributed by atoms with E-state index in [2.05, 4.69) is 15.6 Å². The number of amides is 1. The number of β-amino-alcohol motifs (C(OH)–C–C–N with tert-alkyl or cyclic N) is 1. The van der Waals surface area contributed by atoms with Crippen molar-refractivity contribution in [2.24, 2.45) is 5.92 Å². The van der Waals surface area contributed by atoms with Gasteiger partial charge < -0.3 is 20.7 Å². The Kier molecular flexibility index (Phi) is 5.35. The Morgan fingerprint density at radius 1 is 1.35 bits per heavy atom. The van der Waals surface area contributed by atoms with E-state index < -0.39 is 23.4 Å². The summed E-state index contributed by atoms with van der Waals surface area (Å²) in [4.78, 5) is 26.4. The maximum atomic E-state index is 13.2. The SMILES string of the molecule is Cl.O=C(NCC1CNCC1O)c1cc(=O)[nH]c2cc(F)ccc12. The fraction of sp³-hybridized carbons (Fsp3) is 0.333. The number of pyridine rings is 1. The minimum Gasteiger partial charge on any atom is -0.391 e. The van der Waals surface area contributed by atoms with Crippen molar-refractivity contribution >= 4 is 29.2 Å². The molecule has 23 heavy (non-hydrogen) atoms. The van der Waals surface area contributed by atoms with Gasteiger partial charge in [-0.25, -0.2) is 4.39 Å². The third kappa shape index (κ3) is 3.69. The maximum absolute atomic E-state index is 13.2. The Labute approximate surface area is 137 Å². The number of fused-ring (bicyclic) bond motifs is 1.